The predicted molar refractivity (Wildman–Crippen MR) is 99.7 cm³/mol. The van der Waals surface area contributed by atoms with Crippen LogP contribution >= 0.6 is 0 Å². The molecule has 0 N–H and O–H groups in total. The zero-order valence-electron chi connectivity index (χ0n) is 14.2. The van der Waals surface area contributed by atoms with Gasteiger partial charge in [0.25, 0.3) is 0 Å². The number of hydrogen-bond donors (Lipinski definition) is 0. The van der Waals surface area contributed by atoms with Crippen LogP contribution in [0.3, 0.4) is 0 Å². The Morgan fingerprint density at radius 1 is 1.12 bits per heavy atom. The maximum absolute atomic E-state index is 12.2. The van der Waals surface area contributed by atoms with E-state index in [2.05, 4.69) is 9.55 Å². The first-order chi connectivity index (χ1) is 11.4. The van der Waals surface area contributed by atoms with E-state index in [1.807, 2.05) is 70.2 Å². The number of nitrogens with zero attached hydrogens (tertiary/aromatic N) is 2. The van der Waals surface area contributed by atoms with Crippen LogP contribution in [0.15, 0.2) is 51.4 Å². The van der Waals surface area contributed by atoms with Gasteiger partial charge in [0.05, 0.1) is 6.21 Å². The van der Waals surface area contributed by atoms with Crippen molar-refractivity contribution in [2.75, 3.05) is 0 Å². The Morgan fingerprint density at radius 2 is 1.88 bits per heavy atom. The molecule has 0 saturated carbocycles. The van der Waals surface area contributed by atoms with Crippen molar-refractivity contribution < 1.29 is 9.08 Å². The van der Waals surface area contributed by atoms with Crippen LogP contribution in [0.4, 0.5) is 0 Å². The van der Waals surface area contributed by atoms with Crippen molar-refractivity contribution in [2.24, 2.45) is 4.40 Å². The van der Waals surface area contributed by atoms with E-state index >= 15 is 0 Å². The quantitative estimate of drug-likeness (QED) is 0.513. The molecule has 124 valence electrons. The molecule has 0 radical (unpaired) electrons. The molecule has 0 bridgehead atoms. The first-order valence-corrected chi connectivity index (χ1v) is 8.89. The van der Waals surface area contributed by atoms with E-state index in [0.717, 1.165) is 33.4 Å². The normalized spacial score (nSPS) is 13.7. The molecule has 0 fully saturated rings. The third-order valence-electron chi connectivity index (χ3n) is 3.76. The molecule has 24 heavy (non-hydrogen) atoms. The van der Waals surface area contributed by atoms with Crippen LogP contribution in [0.25, 0.3) is 22.2 Å². The molecule has 1 unspecified atom stereocenters. The first-order valence-electron chi connectivity index (χ1n) is 7.78. The number of rotatable bonds is 3. The Kier molecular flexibility index (Phi) is 4.47. The summed E-state index contributed by atoms with van der Waals surface area (Å²) in [5.41, 5.74) is 4.41. The van der Waals surface area contributed by atoms with Crippen LogP contribution in [0.5, 0.6) is 0 Å². The first kappa shape index (κ1) is 16.7. The lowest BCUT2D eigenvalue weighted by atomic mass is 9.98. The van der Waals surface area contributed by atoms with E-state index in [1.165, 1.54) is 0 Å². The Morgan fingerprint density at radius 3 is 2.62 bits per heavy atom. The molecule has 0 aliphatic heterocycles. The van der Waals surface area contributed by atoms with E-state index in [1.54, 1.807) is 6.21 Å². The topological polar surface area (TPSA) is 61.5 Å². The summed E-state index contributed by atoms with van der Waals surface area (Å²) < 4.78 is 21.5. The summed E-state index contributed by atoms with van der Waals surface area (Å²) in [5, 5.41) is 5.18. The average molecular weight is 340 g/mol. The largest absolute Gasteiger partial charge is 0.591 e. The van der Waals surface area contributed by atoms with Crippen LogP contribution in [0.2, 0.25) is 0 Å². The number of aromatic nitrogens is 1. The minimum Gasteiger partial charge on any atom is -0.591 e. The molecule has 1 atom stereocenters. The van der Waals surface area contributed by atoms with Gasteiger partial charge < -0.3 is 9.08 Å². The maximum Gasteiger partial charge on any atom is 0.167 e. The molecular weight excluding hydrogens is 320 g/mol. The van der Waals surface area contributed by atoms with Crippen LogP contribution < -0.4 is 0 Å². The Balaban J connectivity index is 2.10. The molecule has 5 heteroatoms. The summed E-state index contributed by atoms with van der Waals surface area (Å²) >= 11 is -1.30. The second-order valence-corrected chi connectivity index (χ2v) is 8.59. The summed E-state index contributed by atoms with van der Waals surface area (Å²) in [5.74, 6) is 0. The van der Waals surface area contributed by atoms with Crippen molar-refractivity contribution in [3.05, 3.63) is 53.6 Å². The van der Waals surface area contributed by atoms with Crippen molar-refractivity contribution in [2.45, 2.75) is 32.4 Å². The van der Waals surface area contributed by atoms with Crippen molar-refractivity contribution in [3.8, 4) is 11.3 Å². The molecule has 2 aromatic carbocycles. The summed E-state index contributed by atoms with van der Waals surface area (Å²) in [7, 11) is 0. The number of benzene rings is 2. The minimum atomic E-state index is -1.30. The predicted octanol–water partition coefficient (Wildman–Crippen LogP) is 4.68. The van der Waals surface area contributed by atoms with Crippen molar-refractivity contribution in [1.82, 2.24) is 5.16 Å². The van der Waals surface area contributed by atoms with Gasteiger partial charge in [-0.15, -0.1) is 0 Å². The SMILES string of the molecule is Cc1cccc(-c2noc3ccccc23)c1C=N[S+]([O-])C(C)(C)C. The number of para-hydroxylation sites is 1. The highest BCUT2D eigenvalue weighted by Gasteiger charge is 2.26. The zero-order valence-corrected chi connectivity index (χ0v) is 15.1. The Labute approximate surface area is 144 Å². The van der Waals surface area contributed by atoms with Gasteiger partial charge >= 0.3 is 0 Å². The van der Waals surface area contributed by atoms with Crippen LogP contribution in [0, 0.1) is 6.92 Å². The summed E-state index contributed by atoms with van der Waals surface area (Å²) in [4.78, 5) is 0. The fraction of sp³-hybridized carbons (Fsp3) is 0.263. The highest BCUT2D eigenvalue weighted by Crippen LogP contribution is 2.31. The van der Waals surface area contributed by atoms with Crippen LogP contribution in [0.1, 0.15) is 31.9 Å². The minimum absolute atomic E-state index is 0.389. The van der Waals surface area contributed by atoms with Gasteiger partial charge in [-0.05, 0) is 45.4 Å². The van der Waals surface area contributed by atoms with Gasteiger partial charge in [0.1, 0.15) is 21.8 Å². The van der Waals surface area contributed by atoms with Gasteiger partial charge in [0.15, 0.2) is 5.58 Å². The fourth-order valence-corrected chi connectivity index (χ4v) is 2.91. The average Bonchev–Trinajstić information content (AvgIpc) is 2.96. The Bertz CT molecular complexity index is 894. The standard InChI is InChI=1S/C19H20N2O2S/c1-13-8-7-10-14(16(13)12-20-24(22)19(2,3)4)18-15-9-5-6-11-17(15)23-21-18/h5-12H,1-4H3. The third-order valence-corrected chi connectivity index (χ3v) is 5.10. The summed E-state index contributed by atoms with van der Waals surface area (Å²) in [6, 6.07) is 13.7. The molecule has 0 aliphatic carbocycles. The van der Waals surface area contributed by atoms with Crippen molar-refractivity contribution in [3.63, 3.8) is 0 Å². The zero-order chi connectivity index (χ0) is 17.3. The summed E-state index contributed by atoms with van der Waals surface area (Å²) in [6.07, 6.45) is 1.69. The molecule has 0 saturated heterocycles. The maximum atomic E-state index is 12.2. The Hall–Kier alpha value is -2.11. The van der Waals surface area contributed by atoms with E-state index in [9.17, 15) is 4.55 Å². The molecule has 3 aromatic rings. The lowest BCUT2D eigenvalue weighted by Crippen LogP contribution is -2.25. The molecule has 1 heterocycles. The lowest BCUT2D eigenvalue weighted by molar-refractivity contribution is 0.459. The van der Waals surface area contributed by atoms with Crippen molar-refractivity contribution in [1.29, 1.82) is 0 Å². The summed E-state index contributed by atoms with van der Waals surface area (Å²) in [6.45, 7) is 7.73. The second kappa shape index (κ2) is 6.42. The third kappa shape index (κ3) is 3.23. The van der Waals surface area contributed by atoms with Gasteiger partial charge in [-0.2, -0.15) is 0 Å². The van der Waals surface area contributed by atoms with Gasteiger partial charge in [-0.1, -0.05) is 39.9 Å². The van der Waals surface area contributed by atoms with Gasteiger partial charge in [-0.25, -0.2) is 0 Å². The molecule has 4 nitrogen and oxygen atoms in total. The smallest absolute Gasteiger partial charge is 0.167 e. The highest BCUT2D eigenvalue weighted by atomic mass is 32.2. The number of aryl methyl sites for hydroxylation is 1. The van der Waals surface area contributed by atoms with E-state index < -0.39 is 11.4 Å². The van der Waals surface area contributed by atoms with Gasteiger partial charge in [-0.3, -0.25) is 0 Å². The molecule has 0 aliphatic rings. The van der Waals surface area contributed by atoms with Gasteiger partial charge in [0, 0.05) is 16.5 Å². The van der Waals surface area contributed by atoms with Crippen molar-refractivity contribution >= 4 is 28.5 Å². The monoisotopic (exact) mass is 340 g/mol. The molecule has 1 aromatic heterocycles. The molecule has 3 rings (SSSR count). The fourth-order valence-electron chi connectivity index (χ4n) is 2.40. The van der Waals surface area contributed by atoms with Crippen LogP contribution in [-0.2, 0) is 11.4 Å². The molecule has 0 spiro atoms. The molecular formula is C19H20N2O2S. The van der Waals surface area contributed by atoms with Gasteiger partial charge in [0.2, 0.25) is 0 Å². The van der Waals surface area contributed by atoms with Crippen LogP contribution in [-0.4, -0.2) is 20.7 Å². The van der Waals surface area contributed by atoms with E-state index in [-0.39, 0.29) is 4.75 Å². The molecule has 0 amide bonds. The van der Waals surface area contributed by atoms with E-state index in [0.29, 0.717) is 0 Å². The van der Waals surface area contributed by atoms with E-state index in [4.69, 9.17) is 4.52 Å². The number of hydrogen-bond acceptors (Lipinski definition) is 4. The lowest BCUT2D eigenvalue weighted by Gasteiger charge is -2.18. The highest BCUT2D eigenvalue weighted by molar-refractivity contribution is 7.91. The second-order valence-electron chi connectivity index (χ2n) is 6.66. The number of fused-ring (bicyclic) bond motifs is 1.